The Balaban J connectivity index is 0.00000116. The second kappa shape index (κ2) is 8.76. The summed E-state index contributed by atoms with van der Waals surface area (Å²) in [5.41, 5.74) is 2.36. The van der Waals surface area contributed by atoms with Crippen LogP contribution in [-0.2, 0) is 16.0 Å². The van der Waals surface area contributed by atoms with E-state index in [9.17, 15) is 9.90 Å². The highest BCUT2D eigenvalue weighted by molar-refractivity contribution is 5.72. The molecule has 1 saturated heterocycles. The van der Waals surface area contributed by atoms with Crippen LogP contribution in [0.25, 0.3) is 0 Å². The fourth-order valence-electron chi connectivity index (χ4n) is 2.38. The van der Waals surface area contributed by atoms with Gasteiger partial charge in [-0.15, -0.1) is 0 Å². The monoisotopic (exact) mass is 310 g/mol. The standard InChI is InChI=1S/C15H20O5.C2H6/c1-3-10-4-5-12(6-9(10)2)19-14-8-11(16)7-13(20-14)15(17)18;1-2/h4-6,11,13-14,16H,3,7-8H2,1-2H3,(H,17,18);1-2H3. The third kappa shape index (κ3) is 5.00. The Labute approximate surface area is 131 Å². The van der Waals surface area contributed by atoms with Gasteiger partial charge in [0, 0.05) is 12.8 Å². The van der Waals surface area contributed by atoms with Gasteiger partial charge in [0.2, 0.25) is 6.29 Å². The van der Waals surface area contributed by atoms with Crippen molar-refractivity contribution in [2.45, 2.75) is 65.5 Å². The molecule has 1 aromatic carbocycles. The predicted octanol–water partition coefficient (Wildman–Crippen LogP) is 2.91. The minimum Gasteiger partial charge on any atom is -0.479 e. The van der Waals surface area contributed by atoms with Crippen LogP contribution >= 0.6 is 0 Å². The Morgan fingerprint density at radius 1 is 1.36 bits per heavy atom. The van der Waals surface area contributed by atoms with E-state index in [1.54, 1.807) is 0 Å². The Morgan fingerprint density at radius 3 is 2.59 bits per heavy atom. The van der Waals surface area contributed by atoms with E-state index in [1.807, 2.05) is 39.0 Å². The molecule has 5 nitrogen and oxygen atoms in total. The van der Waals surface area contributed by atoms with Crippen molar-refractivity contribution < 1.29 is 24.5 Å². The molecular weight excluding hydrogens is 284 g/mol. The fraction of sp³-hybridized carbons (Fsp3) is 0.588. The van der Waals surface area contributed by atoms with Gasteiger partial charge < -0.3 is 19.7 Å². The minimum absolute atomic E-state index is 0.100. The van der Waals surface area contributed by atoms with Crippen LogP contribution in [0, 0.1) is 6.92 Å². The van der Waals surface area contributed by atoms with Crippen LogP contribution in [0.15, 0.2) is 18.2 Å². The van der Waals surface area contributed by atoms with Crippen LogP contribution in [0.5, 0.6) is 5.75 Å². The van der Waals surface area contributed by atoms with E-state index in [0.29, 0.717) is 5.75 Å². The Morgan fingerprint density at radius 2 is 2.05 bits per heavy atom. The molecule has 0 amide bonds. The van der Waals surface area contributed by atoms with Crippen LogP contribution in [0.3, 0.4) is 0 Å². The molecule has 2 N–H and O–H groups in total. The van der Waals surface area contributed by atoms with Gasteiger partial charge in [0.05, 0.1) is 6.10 Å². The van der Waals surface area contributed by atoms with Crippen molar-refractivity contribution in [2.75, 3.05) is 0 Å². The summed E-state index contributed by atoms with van der Waals surface area (Å²) in [6.45, 7) is 8.09. The van der Waals surface area contributed by atoms with Crippen LogP contribution in [0.4, 0.5) is 0 Å². The first-order valence-corrected chi connectivity index (χ1v) is 7.82. The summed E-state index contributed by atoms with van der Waals surface area (Å²) in [5, 5.41) is 18.7. The lowest BCUT2D eigenvalue weighted by atomic mass is 10.0. The molecule has 124 valence electrons. The SMILES string of the molecule is CC.CCc1ccc(OC2CC(O)CC(C(=O)O)O2)cc1C. The van der Waals surface area contributed by atoms with E-state index >= 15 is 0 Å². The summed E-state index contributed by atoms with van der Waals surface area (Å²) in [7, 11) is 0. The second-order valence-corrected chi connectivity index (χ2v) is 5.08. The zero-order chi connectivity index (χ0) is 16.7. The topological polar surface area (TPSA) is 76.0 Å². The maximum atomic E-state index is 10.9. The molecule has 2 rings (SSSR count). The zero-order valence-corrected chi connectivity index (χ0v) is 13.7. The van der Waals surface area contributed by atoms with Crippen LogP contribution in [-0.4, -0.2) is 34.7 Å². The average Bonchev–Trinajstić information content (AvgIpc) is 2.49. The molecule has 1 aromatic rings. The lowest BCUT2D eigenvalue weighted by Crippen LogP contribution is -2.42. The van der Waals surface area contributed by atoms with E-state index in [4.69, 9.17) is 14.6 Å². The number of aliphatic carboxylic acids is 1. The van der Waals surface area contributed by atoms with Gasteiger partial charge in [-0.2, -0.15) is 0 Å². The van der Waals surface area contributed by atoms with E-state index in [2.05, 4.69) is 6.92 Å². The Bertz CT molecular complexity index is 486. The van der Waals surface area contributed by atoms with Crippen LogP contribution in [0.2, 0.25) is 0 Å². The first kappa shape index (κ1) is 18.5. The van der Waals surface area contributed by atoms with Crippen molar-refractivity contribution in [2.24, 2.45) is 0 Å². The lowest BCUT2D eigenvalue weighted by molar-refractivity contribution is -0.195. The van der Waals surface area contributed by atoms with Gasteiger partial charge in [0.1, 0.15) is 5.75 Å². The first-order valence-electron chi connectivity index (χ1n) is 7.82. The molecule has 0 spiro atoms. The van der Waals surface area contributed by atoms with Crippen molar-refractivity contribution in [3.8, 4) is 5.75 Å². The van der Waals surface area contributed by atoms with Crippen molar-refractivity contribution >= 4 is 5.97 Å². The highest BCUT2D eigenvalue weighted by Gasteiger charge is 2.33. The number of hydrogen-bond donors (Lipinski definition) is 2. The molecule has 22 heavy (non-hydrogen) atoms. The number of benzene rings is 1. The van der Waals surface area contributed by atoms with Gasteiger partial charge in [-0.25, -0.2) is 4.79 Å². The molecule has 0 saturated carbocycles. The first-order chi connectivity index (χ1) is 10.5. The molecule has 1 aliphatic rings. The second-order valence-electron chi connectivity index (χ2n) is 5.08. The number of carboxylic acid groups (broad SMARTS) is 1. The molecule has 1 heterocycles. The van der Waals surface area contributed by atoms with Crippen LogP contribution < -0.4 is 4.74 Å². The molecule has 1 fully saturated rings. The molecule has 0 bridgehead atoms. The smallest absolute Gasteiger partial charge is 0.333 e. The summed E-state index contributed by atoms with van der Waals surface area (Å²) < 4.78 is 11.0. The molecule has 5 heteroatoms. The van der Waals surface area contributed by atoms with Gasteiger partial charge in [-0.3, -0.25) is 0 Å². The van der Waals surface area contributed by atoms with Gasteiger partial charge in [0.25, 0.3) is 0 Å². The highest BCUT2D eigenvalue weighted by Crippen LogP contribution is 2.25. The van der Waals surface area contributed by atoms with E-state index < -0.39 is 24.5 Å². The van der Waals surface area contributed by atoms with Gasteiger partial charge in [-0.1, -0.05) is 26.8 Å². The zero-order valence-electron chi connectivity index (χ0n) is 13.7. The summed E-state index contributed by atoms with van der Waals surface area (Å²) >= 11 is 0. The van der Waals surface area contributed by atoms with Gasteiger partial charge in [0.15, 0.2) is 6.10 Å². The normalized spacial score (nSPS) is 24.1. The number of carbonyl (C=O) groups is 1. The van der Waals surface area contributed by atoms with Gasteiger partial charge in [-0.05, 0) is 36.6 Å². The van der Waals surface area contributed by atoms with Gasteiger partial charge >= 0.3 is 5.97 Å². The molecule has 0 aliphatic carbocycles. The maximum Gasteiger partial charge on any atom is 0.333 e. The van der Waals surface area contributed by atoms with Crippen molar-refractivity contribution in [3.05, 3.63) is 29.3 Å². The number of aliphatic hydroxyl groups is 1. The number of aryl methyl sites for hydroxylation is 2. The van der Waals surface area contributed by atoms with E-state index in [-0.39, 0.29) is 12.8 Å². The molecule has 3 unspecified atom stereocenters. The largest absolute Gasteiger partial charge is 0.479 e. The quantitative estimate of drug-likeness (QED) is 0.894. The Kier molecular flexibility index (Phi) is 7.35. The third-order valence-electron chi connectivity index (χ3n) is 3.50. The number of ether oxygens (including phenoxy) is 2. The van der Waals surface area contributed by atoms with Crippen LogP contribution in [0.1, 0.15) is 44.7 Å². The summed E-state index contributed by atoms with van der Waals surface area (Å²) in [6.07, 6.45) is -1.13. The summed E-state index contributed by atoms with van der Waals surface area (Å²) in [4.78, 5) is 10.9. The highest BCUT2D eigenvalue weighted by atomic mass is 16.7. The van der Waals surface area contributed by atoms with E-state index in [1.165, 1.54) is 5.56 Å². The molecule has 0 aromatic heterocycles. The number of aliphatic hydroxyl groups excluding tert-OH is 1. The summed E-state index contributed by atoms with van der Waals surface area (Å²) in [5.74, 6) is -0.446. The molecule has 1 aliphatic heterocycles. The van der Waals surface area contributed by atoms with E-state index in [0.717, 1.165) is 12.0 Å². The predicted molar refractivity (Wildman–Crippen MR) is 84.1 cm³/mol. The number of hydrogen-bond acceptors (Lipinski definition) is 4. The van der Waals surface area contributed by atoms with Crippen molar-refractivity contribution in [1.82, 2.24) is 0 Å². The van der Waals surface area contributed by atoms with Crippen molar-refractivity contribution in [3.63, 3.8) is 0 Å². The average molecular weight is 310 g/mol. The summed E-state index contributed by atoms with van der Waals surface area (Å²) in [6, 6.07) is 5.73. The fourth-order valence-corrected chi connectivity index (χ4v) is 2.38. The lowest BCUT2D eigenvalue weighted by Gasteiger charge is -2.31. The Hall–Kier alpha value is -1.59. The van der Waals surface area contributed by atoms with Crippen molar-refractivity contribution in [1.29, 1.82) is 0 Å². The molecular formula is C17H26O5. The molecule has 3 atom stereocenters. The number of carboxylic acids is 1. The number of rotatable bonds is 4. The molecule has 0 radical (unpaired) electrons. The minimum atomic E-state index is -1.07. The maximum absolute atomic E-state index is 10.9. The third-order valence-corrected chi connectivity index (χ3v) is 3.50.